The van der Waals surface area contributed by atoms with Gasteiger partial charge in [-0.25, -0.2) is 9.78 Å². The van der Waals surface area contributed by atoms with Crippen LogP contribution in [0.3, 0.4) is 0 Å². The van der Waals surface area contributed by atoms with Crippen LogP contribution in [0.1, 0.15) is 43.7 Å². The number of carboxylic acid groups (broad SMARTS) is 1. The van der Waals surface area contributed by atoms with E-state index in [1.54, 1.807) is 12.3 Å². The van der Waals surface area contributed by atoms with Gasteiger partial charge in [-0.1, -0.05) is 27.7 Å². The smallest absolute Gasteiger partial charge is 0.354 e. The fraction of sp³-hybridized carbons (Fsp3) is 0.600. The number of pyridine rings is 1. The molecule has 4 nitrogen and oxygen atoms in total. The Labute approximate surface area is 115 Å². The summed E-state index contributed by atoms with van der Waals surface area (Å²) in [6.45, 7) is 11.6. The van der Waals surface area contributed by atoms with Crippen LogP contribution in [-0.4, -0.2) is 34.0 Å². The monoisotopic (exact) mass is 264 g/mol. The van der Waals surface area contributed by atoms with Crippen LogP contribution in [0.25, 0.3) is 0 Å². The average molecular weight is 264 g/mol. The number of aromatic nitrogens is 1. The van der Waals surface area contributed by atoms with Gasteiger partial charge in [0.2, 0.25) is 0 Å². The molecule has 0 spiro atoms. The topological polar surface area (TPSA) is 53.4 Å². The normalized spacial score (nSPS) is 11.5. The fourth-order valence-corrected chi connectivity index (χ4v) is 2.18. The summed E-state index contributed by atoms with van der Waals surface area (Å²) in [6.07, 6.45) is 1.57. The van der Waals surface area contributed by atoms with Crippen LogP contribution in [0.5, 0.6) is 0 Å². The Bertz CT molecular complexity index is 406. The van der Waals surface area contributed by atoms with Gasteiger partial charge in [0, 0.05) is 25.8 Å². The molecule has 106 valence electrons. The van der Waals surface area contributed by atoms with Crippen LogP contribution >= 0.6 is 0 Å². The van der Waals surface area contributed by atoms with Crippen LogP contribution in [0.2, 0.25) is 0 Å². The van der Waals surface area contributed by atoms with Crippen molar-refractivity contribution in [3.05, 3.63) is 29.6 Å². The summed E-state index contributed by atoms with van der Waals surface area (Å²) in [4.78, 5) is 17.1. The molecule has 0 radical (unpaired) electrons. The van der Waals surface area contributed by atoms with E-state index in [1.807, 2.05) is 6.07 Å². The summed E-state index contributed by atoms with van der Waals surface area (Å²) in [5.41, 5.74) is 1.13. The van der Waals surface area contributed by atoms with Gasteiger partial charge in [-0.3, -0.25) is 4.90 Å². The van der Waals surface area contributed by atoms with E-state index in [-0.39, 0.29) is 5.69 Å². The van der Waals surface area contributed by atoms with Crippen LogP contribution in [0.4, 0.5) is 0 Å². The summed E-state index contributed by atoms with van der Waals surface area (Å²) < 4.78 is 0. The third kappa shape index (κ3) is 5.83. The Kier molecular flexibility index (Phi) is 5.96. The van der Waals surface area contributed by atoms with E-state index in [2.05, 4.69) is 37.6 Å². The minimum absolute atomic E-state index is 0.117. The van der Waals surface area contributed by atoms with E-state index in [1.165, 1.54) is 0 Å². The van der Waals surface area contributed by atoms with Gasteiger partial charge in [-0.2, -0.15) is 0 Å². The molecule has 1 N–H and O–H groups in total. The maximum Gasteiger partial charge on any atom is 0.354 e. The van der Waals surface area contributed by atoms with Crippen molar-refractivity contribution >= 4 is 5.97 Å². The van der Waals surface area contributed by atoms with E-state index in [9.17, 15) is 4.79 Å². The second kappa shape index (κ2) is 7.24. The molecule has 0 fully saturated rings. The summed E-state index contributed by atoms with van der Waals surface area (Å²) in [5, 5.41) is 8.96. The standard InChI is InChI=1S/C15H24N2O2/c1-11(2)8-17(9-12(3)4)10-13-5-6-16-14(7-13)15(18)19/h5-7,11-12H,8-10H2,1-4H3,(H,18,19). The van der Waals surface area contributed by atoms with Crippen molar-refractivity contribution in [1.29, 1.82) is 0 Å². The van der Waals surface area contributed by atoms with E-state index in [4.69, 9.17) is 5.11 Å². The SMILES string of the molecule is CC(C)CN(Cc1ccnc(C(=O)O)c1)CC(C)C. The van der Waals surface area contributed by atoms with Crippen molar-refractivity contribution in [3.8, 4) is 0 Å². The van der Waals surface area contributed by atoms with Crippen LogP contribution in [0, 0.1) is 11.8 Å². The molecule has 0 saturated carbocycles. The first kappa shape index (κ1) is 15.6. The lowest BCUT2D eigenvalue weighted by Gasteiger charge is -2.26. The lowest BCUT2D eigenvalue weighted by atomic mass is 10.1. The van der Waals surface area contributed by atoms with Gasteiger partial charge in [0.1, 0.15) is 5.69 Å². The van der Waals surface area contributed by atoms with E-state index in [0.29, 0.717) is 11.8 Å². The summed E-state index contributed by atoms with van der Waals surface area (Å²) >= 11 is 0. The molecule has 1 heterocycles. The predicted molar refractivity (Wildman–Crippen MR) is 76.1 cm³/mol. The second-order valence-electron chi connectivity index (χ2n) is 5.84. The largest absolute Gasteiger partial charge is 0.477 e. The van der Waals surface area contributed by atoms with Crippen LogP contribution in [-0.2, 0) is 6.54 Å². The minimum Gasteiger partial charge on any atom is -0.477 e. The highest BCUT2D eigenvalue weighted by Crippen LogP contribution is 2.11. The molecule has 0 amide bonds. The quantitative estimate of drug-likeness (QED) is 0.822. The van der Waals surface area contributed by atoms with Gasteiger partial charge in [-0.05, 0) is 29.5 Å². The van der Waals surface area contributed by atoms with E-state index in [0.717, 1.165) is 25.2 Å². The van der Waals surface area contributed by atoms with E-state index >= 15 is 0 Å². The molecule has 0 unspecified atom stereocenters. The van der Waals surface area contributed by atoms with E-state index < -0.39 is 5.97 Å². The molecule has 4 heteroatoms. The fourth-order valence-electron chi connectivity index (χ4n) is 2.18. The number of hydrogen-bond acceptors (Lipinski definition) is 3. The van der Waals surface area contributed by atoms with Gasteiger partial charge >= 0.3 is 5.97 Å². The zero-order valence-electron chi connectivity index (χ0n) is 12.3. The molecule has 1 aromatic heterocycles. The number of carboxylic acids is 1. The second-order valence-corrected chi connectivity index (χ2v) is 5.84. The van der Waals surface area contributed by atoms with Crippen molar-refractivity contribution in [2.45, 2.75) is 34.2 Å². The molecular weight excluding hydrogens is 240 g/mol. The Morgan fingerprint density at radius 2 is 1.84 bits per heavy atom. The number of carbonyl (C=O) groups is 1. The molecule has 1 rings (SSSR count). The molecule has 19 heavy (non-hydrogen) atoms. The summed E-state index contributed by atoms with van der Waals surface area (Å²) in [6, 6.07) is 3.55. The Balaban J connectivity index is 2.77. The number of nitrogens with zero attached hydrogens (tertiary/aromatic N) is 2. The third-order valence-electron chi connectivity index (χ3n) is 2.70. The van der Waals surface area contributed by atoms with Gasteiger partial charge in [0.15, 0.2) is 0 Å². The van der Waals surface area contributed by atoms with Gasteiger partial charge in [0.05, 0.1) is 0 Å². The lowest BCUT2D eigenvalue weighted by Crippen LogP contribution is -2.31. The summed E-state index contributed by atoms with van der Waals surface area (Å²) in [5.74, 6) is 0.222. The Hall–Kier alpha value is -1.42. The van der Waals surface area contributed by atoms with Crippen molar-refractivity contribution < 1.29 is 9.90 Å². The van der Waals surface area contributed by atoms with Crippen molar-refractivity contribution in [2.24, 2.45) is 11.8 Å². The highest BCUT2D eigenvalue weighted by molar-refractivity contribution is 5.85. The third-order valence-corrected chi connectivity index (χ3v) is 2.70. The van der Waals surface area contributed by atoms with Gasteiger partial charge in [0.25, 0.3) is 0 Å². The zero-order valence-corrected chi connectivity index (χ0v) is 12.3. The molecule has 0 aromatic carbocycles. The maximum atomic E-state index is 10.9. The van der Waals surface area contributed by atoms with Crippen molar-refractivity contribution in [2.75, 3.05) is 13.1 Å². The molecule has 0 aliphatic carbocycles. The molecule has 0 bridgehead atoms. The highest BCUT2D eigenvalue weighted by Gasteiger charge is 2.12. The number of aromatic carboxylic acids is 1. The van der Waals surface area contributed by atoms with Gasteiger partial charge in [-0.15, -0.1) is 0 Å². The Morgan fingerprint density at radius 3 is 2.32 bits per heavy atom. The lowest BCUT2D eigenvalue weighted by molar-refractivity contribution is 0.0690. The van der Waals surface area contributed by atoms with Crippen LogP contribution in [0.15, 0.2) is 18.3 Å². The maximum absolute atomic E-state index is 10.9. The summed E-state index contributed by atoms with van der Waals surface area (Å²) in [7, 11) is 0. The predicted octanol–water partition coefficient (Wildman–Crippen LogP) is 2.89. The number of hydrogen-bond donors (Lipinski definition) is 1. The average Bonchev–Trinajstić information content (AvgIpc) is 2.27. The van der Waals surface area contributed by atoms with Crippen molar-refractivity contribution in [1.82, 2.24) is 9.88 Å². The molecule has 0 saturated heterocycles. The number of rotatable bonds is 7. The molecular formula is C15H24N2O2. The van der Waals surface area contributed by atoms with Crippen molar-refractivity contribution in [3.63, 3.8) is 0 Å². The zero-order chi connectivity index (χ0) is 14.4. The molecule has 0 atom stereocenters. The first-order chi connectivity index (χ1) is 8.88. The molecule has 0 aliphatic rings. The molecule has 0 aliphatic heterocycles. The Morgan fingerprint density at radius 1 is 1.26 bits per heavy atom. The molecule has 1 aromatic rings. The van der Waals surface area contributed by atoms with Gasteiger partial charge < -0.3 is 5.11 Å². The minimum atomic E-state index is -0.971. The van der Waals surface area contributed by atoms with Crippen LogP contribution < -0.4 is 0 Å². The first-order valence-electron chi connectivity index (χ1n) is 6.79. The first-order valence-corrected chi connectivity index (χ1v) is 6.79. The highest BCUT2D eigenvalue weighted by atomic mass is 16.4.